The zero-order chi connectivity index (χ0) is 14.8. The Morgan fingerprint density at radius 1 is 1.32 bits per heavy atom. The number of halogens is 4. The zero-order valence-electron chi connectivity index (χ0n) is 9.72. The topological polar surface area (TPSA) is 72.2 Å². The highest BCUT2D eigenvalue weighted by Crippen LogP contribution is 2.34. The molecule has 1 unspecified atom stereocenters. The van der Waals surface area contributed by atoms with Gasteiger partial charge in [0, 0.05) is 7.05 Å². The van der Waals surface area contributed by atoms with E-state index in [0.29, 0.717) is 6.07 Å². The maximum Gasteiger partial charge on any atom is 0.417 e. The number of carbonyl (C=O) groups excluding carboxylic acids is 2. The second-order valence-electron chi connectivity index (χ2n) is 3.64. The molecule has 0 heterocycles. The van der Waals surface area contributed by atoms with Crippen LogP contribution in [0.2, 0.25) is 0 Å². The van der Waals surface area contributed by atoms with E-state index in [9.17, 15) is 27.2 Å². The standard InChI is InChI=1S/C11H10F4N2O2/c1-17-10(19)8(12)5-2-3-6(9(16)18)7(4-5)11(13,14)15/h2-4,8H,1H3,(H2,16,18)(H,17,19). The molecule has 0 saturated carbocycles. The van der Waals surface area contributed by atoms with Crippen molar-refractivity contribution in [3.8, 4) is 0 Å². The van der Waals surface area contributed by atoms with Crippen LogP contribution in [0.1, 0.15) is 27.7 Å². The van der Waals surface area contributed by atoms with Crippen LogP contribution in [0.25, 0.3) is 0 Å². The lowest BCUT2D eigenvalue weighted by molar-refractivity contribution is -0.138. The molecule has 0 radical (unpaired) electrons. The predicted octanol–water partition coefficient (Wildman–Crippen LogP) is 1.56. The van der Waals surface area contributed by atoms with Crippen molar-refractivity contribution in [3.05, 3.63) is 34.9 Å². The molecule has 0 aliphatic heterocycles. The highest BCUT2D eigenvalue weighted by Gasteiger charge is 2.36. The minimum Gasteiger partial charge on any atom is -0.366 e. The Hall–Kier alpha value is -2.12. The molecule has 8 heteroatoms. The van der Waals surface area contributed by atoms with Gasteiger partial charge < -0.3 is 11.1 Å². The van der Waals surface area contributed by atoms with E-state index in [4.69, 9.17) is 5.73 Å². The average Bonchev–Trinajstić information content (AvgIpc) is 2.35. The van der Waals surface area contributed by atoms with Crippen LogP contribution in [0.5, 0.6) is 0 Å². The molecule has 4 nitrogen and oxygen atoms in total. The lowest BCUT2D eigenvalue weighted by Gasteiger charge is -2.14. The fourth-order valence-corrected chi connectivity index (χ4v) is 1.45. The molecular weight excluding hydrogens is 268 g/mol. The van der Waals surface area contributed by atoms with Crippen LogP contribution >= 0.6 is 0 Å². The van der Waals surface area contributed by atoms with E-state index < -0.39 is 40.9 Å². The molecule has 0 aliphatic carbocycles. The fraction of sp³-hybridized carbons (Fsp3) is 0.273. The molecule has 1 rings (SSSR count). The molecule has 0 bridgehead atoms. The van der Waals surface area contributed by atoms with Crippen molar-refractivity contribution in [2.45, 2.75) is 12.3 Å². The molecule has 0 aromatic heterocycles. The number of hydrogen-bond acceptors (Lipinski definition) is 2. The van der Waals surface area contributed by atoms with Gasteiger partial charge in [-0.3, -0.25) is 9.59 Å². The predicted molar refractivity (Wildman–Crippen MR) is 57.9 cm³/mol. The van der Waals surface area contributed by atoms with Gasteiger partial charge >= 0.3 is 6.18 Å². The molecule has 0 saturated heterocycles. The summed E-state index contributed by atoms with van der Waals surface area (Å²) < 4.78 is 51.6. The van der Waals surface area contributed by atoms with Crippen LogP contribution in [0.3, 0.4) is 0 Å². The number of likely N-dealkylation sites (N-methyl/N-ethyl adjacent to an activating group) is 1. The van der Waals surface area contributed by atoms with Gasteiger partial charge in [0.25, 0.3) is 5.91 Å². The Balaban J connectivity index is 3.34. The number of primary amides is 1. The molecule has 1 aromatic rings. The van der Waals surface area contributed by atoms with Gasteiger partial charge in [-0.05, 0) is 17.7 Å². The van der Waals surface area contributed by atoms with Gasteiger partial charge in [-0.2, -0.15) is 13.2 Å². The van der Waals surface area contributed by atoms with Gasteiger partial charge in [-0.15, -0.1) is 0 Å². The first kappa shape index (κ1) is 14.9. The molecule has 104 valence electrons. The largest absolute Gasteiger partial charge is 0.417 e. The van der Waals surface area contributed by atoms with Gasteiger partial charge in [0.05, 0.1) is 11.1 Å². The van der Waals surface area contributed by atoms with Crippen molar-refractivity contribution >= 4 is 11.8 Å². The monoisotopic (exact) mass is 278 g/mol. The highest BCUT2D eigenvalue weighted by molar-refractivity contribution is 5.94. The molecule has 0 fully saturated rings. The van der Waals surface area contributed by atoms with E-state index in [1.165, 1.54) is 0 Å². The Morgan fingerprint density at radius 2 is 1.89 bits per heavy atom. The SMILES string of the molecule is CNC(=O)C(F)c1ccc(C(N)=O)c(C(F)(F)F)c1. The van der Waals surface area contributed by atoms with Gasteiger partial charge in [-0.1, -0.05) is 6.07 Å². The molecule has 0 spiro atoms. The number of nitrogens with one attached hydrogen (secondary N) is 1. The number of benzene rings is 1. The highest BCUT2D eigenvalue weighted by atomic mass is 19.4. The molecular formula is C11H10F4N2O2. The van der Waals surface area contributed by atoms with Crippen molar-refractivity contribution in [1.82, 2.24) is 5.32 Å². The second kappa shape index (κ2) is 5.25. The Kier molecular flexibility index (Phi) is 4.13. The smallest absolute Gasteiger partial charge is 0.366 e. The third kappa shape index (κ3) is 3.21. The van der Waals surface area contributed by atoms with Crippen molar-refractivity contribution < 1.29 is 27.2 Å². The van der Waals surface area contributed by atoms with Gasteiger partial charge in [0.15, 0.2) is 0 Å². The Labute approximate surface area is 105 Å². The molecule has 1 atom stereocenters. The third-order valence-electron chi connectivity index (χ3n) is 2.38. The van der Waals surface area contributed by atoms with Gasteiger partial charge in [-0.25, -0.2) is 4.39 Å². The summed E-state index contributed by atoms with van der Waals surface area (Å²) in [5.41, 5.74) is 2.16. The molecule has 0 aliphatic rings. The maximum atomic E-state index is 13.5. The average molecular weight is 278 g/mol. The van der Waals surface area contributed by atoms with E-state index in [2.05, 4.69) is 0 Å². The van der Waals surface area contributed by atoms with Crippen molar-refractivity contribution in [2.75, 3.05) is 7.05 Å². The molecule has 19 heavy (non-hydrogen) atoms. The summed E-state index contributed by atoms with van der Waals surface area (Å²) in [6.45, 7) is 0. The summed E-state index contributed by atoms with van der Waals surface area (Å²) in [4.78, 5) is 21.9. The lowest BCUT2D eigenvalue weighted by Crippen LogP contribution is -2.24. The lowest BCUT2D eigenvalue weighted by atomic mass is 10.00. The first-order chi connectivity index (χ1) is 8.68. The summed E-state index contributed by atoms with van der Waals surface area (Å²) >= 11 is 0. The van der Waals surface area contributed by atoms with Crippen LogP contribution in [-0.2, 0) is 11.0 Å². The quantitative estimate of drug-likeness (QED) is 0.823. The Bertz CT molecular complexity index is 514. The first-order valence-corrected chi connectivity index (χ1v) is 5.05. The van der Waals surface area contributed by atoms with Crippen molar-refractivity contribution in [2.24, 2.45) is 5.73 Å². The normalized spacial score (nSPS) is 12.9. The molecule has 2 amide bonds. The zero-order valence-corrected chi connectivity index (χ0v) is 9.72. The van der Waals surface area contributed by atoms with E-state index in [0.717, 1.165) is 19.2 Å². The number of carbonyl (C=O) groups is 2. The Morgan fingerprint density at radius 3 is 2.32 bits per heavy atom. The number of hydrogen-bond donors (Lipinski definition) is 2. The summed E-state index contributed by atoms with van der Waals surface area (Å²) in [6.07, 6.45) is -7.13. The summed E-state index contributed by atoms with van der Waals surface area (Å²) in [5.74, 6) is -2.37. The first-order valence-electron chi connectivity index (χ1n) is 5.05. The summed E-state index contributed by atoms with van der Waals surface area (Å²) in [6, 6.07) is 2.06. The van der Waals surface area contributed by atoms with E-state index in [1.807, 2.05) is 5.32 Å². The minimum absolute atomic E-state index is 0.403. The minimum atomic E-state index is -4.87. The van der Waals surface area contributed by atoms with E-state index >= 15 is 0 Å². The summed E-state index contributed by atoms with van der Waals surface area (Å²) in [5, 5.41) is 1.97. The second-order valence-corrected chi connectivity index (χ2v) is 3.64. The summed E-state index contributed by atoms with van der Waals surface area (Å²) in [7, 11) is 1.15. The van der Waals surface area contributed by atoms with Gasteiger partial charge in [0.2, 0.25) is 12.1 Å². The number of amides is 2. The maximum absolute atomic E-state index is 13.5. The van der Waals surface area contributed by atoms with Crippen LogP contribution in [0.15, 0.2) is 18.2 Å². The third-order valence-corrected chi connectivity index (χ3v) is 2.38. The molecule has 3 N–H and O–H groups in total. The van der Waals surface area contributed by atoms with Crippen molar-refractivity contribution in [3.63, 3.8) is 0 Å². The molecule has 1 aromatic carbocycles. The van der Waals surface area contributed by atoms with E-state index in [-0.39, 0.29) is 0 Å². The number of rotatable bonds is 3. The van der Waals surface area contributed by atoms with Crippen LogP contribution in [0, 0.1) is 0 Å². The number of alkyl halides is 4. The number of nitrogens with two attached hydrogens (primary N) is 1. The van der Waals surface area contributed by atoms with E-state index in [1.54, 1.807) is 0 Å². The van der Waals surface area contributed by atoms with Crippen LogP contribution in [0.4, 0.5) is 17.6 Å². The fourth-order valence-electron chi connectivity index (χ4n) is 1.45. The van der Waals surface area contributed by atoms with Crippen LogP contribution in [-0.4, -0.2) is 18.9 Å². The van der Waals surface area contributed by atoms with Crippen LogP contribution < -0.4 is 11.1 Å². The van der Waals surface area contributed by atoms with Gasteiger partial charge in [0.1, 0.15) is 0 Å². The van der Waals surface area contributed by atoms with Crippen molar-refractivity contribution in [1.29, 1.82) is 0 Å².